The standard InChI is InChI=1S/C15H18N2O3S/c1-21-7-6-10(9-18)16-15(20)12-8-14(19)17-13-5-3-2-4-11(12)13/h2-5,8,10,18H,6-7,9H2,1H3,(H,16,20)(H,17,19)/t10-/m1/s1. The number of fused-ring (bicyclic) bond motifs is 1. The number of nitrogens with one attached hydrogen (secondary N) is 2. The number of pyridine rings is 1. The van der Waals surface area contributed by atoms with E-state index < -0.39 is 0 Å². The van der Waals surface area contributed by atoms with Crippen LogP contribution in [0.3, 0.4) is 0 Å². The Labute approximate surface area is 126 Å². The molecule has 0 aliphatic rings. The van der Waals surface area contributed by atoms with Crippen LogP contribution < -0.4 is 10.9 Å². The largest absolute Gasteiger partial charge is 0.394 e. The maximum atomic E-state index is 12.4. The summed E-state index contributed by atoms with van der Waals surface area (Å²) < 4.78 is 0. The third-order valence-corrected chi connectivity index (χ3v) is 3.87. The highest BCUT2D eigenvalue weighted by Crippen LogP contribution is 2.14. The Morgan fingerprint density at radius 2 is 2.19 bits per heavy atom. The third-order valence-electron chi connectivity index (χ3n) is 3.22. The molecule has 0 unspecified atom stereocenters. The quantitative estimate of drug-likeness (QED) is 0.753. The van der Waals surface area contributed by atoms with Crippen molar-refractivity contribution in [3.63, 3.8) is 0 Å². The van der Waals surface area contributed by atoms with Crippen LogP contribution in [0.4, 0.5) is 0 Å². The van der Waals surface area contributed by atoms with Crippen molar-refractivity contribution in [2.24, 2.45) is 0 Å². The smallest absolute Gasteiger partial charge is 0.252 e. The van der Waals surface area contributed by atoms with Gasteiger partial charge in [0.1, 0.15) is 0 Å². The predicted octanol–water partition coefficient (Wildman–Crippen LogP) is 1.37. The molecule has 112 valence electrons. The van der Waals surface area contributed by atoms with Gasteiger partial charge in [-0.1, -0.05) is 18.2 Å². The molecule has 2 aromatic rings. The number of benzene rings is 1. The number of aliphatic hydroxyl groups is 1. The number of carbonyl (C=O) groups excluding carboxylic acids is 1. The number of aliphatic hydroxyl groups excluding tert-OH is 1. The monoisotopic (exact) mass is 306 g/mol. The zero-order valence-corrected chi connectivity index (χ0v) is 12.6. The Morgan fingerprint density at radius 1 is 1.43 bits per heavy atom. The van der Waals surface area contributed by atoms with Crippen LogP contribution in [0.25, 0.3) is 10.9 Å². The summed E-state index contributed by atoms with van der Waals surface area (Å²) in [5, 5.41) is 12.8. The molecule has 0 aliphatic carbocycles. The summed E-state index contributed by atoms with van der Waals surface area (Å²) in [7, 11) is 0. The molecule has 1 heterocycles. The second kappa shape index (κ2) is 7.28. The van der Waals surface area contributed by atoms with Crippen molar-refractivity contribution in [3.05, 3.63) is 46.2 Å². The molecule has 3 N–H and O–H groups in total. The van der Waals surface area contributed by atoms with Crippen molar-refractivity contribution < 1.29 is 9.90 Å². The minimum absolute atomic E-state index is 0.118. The van der Waals surface area contributed by atoms with E-state index in [1.807, 2.05) is 12.3 Å². The molecule has 0 bridgehead atoms. The second-order valence-corrected chi connectivity index (χ2v) is 5.71. The fraction of sp³-hybridized carbons (Fsp3) is 0.333. The predicted molar refractivity (Wildman–Crippen MR) is 85.9 cm³/mol. The van der Waals surface area contributed by atoms with E-state index in [0.717, 1.165) is 5.75 Å². The van der Waals surface area contributed by atoms with E-state index in [9.17, 15) is 14.7 Å². The highest BCUT2D eigenvalue weighted by atomic mass is 32.2. The number of thioether (sulfide) groups is 1. The first-order chi connectivity index (χ1) is 10.2. The van der Waals surface area contributed by atoms with Crippen molar-refractivity contribution >= 4 is 28.6 Å². The van der Waals surface area contributed by atoms with Gasteiger partial charge in [0.2, 0.25) is 5.56 Å². The Kier molecular flexibility index (Phi) is 5.41. The molecule has 1 atom stereocenters. The molecule has 0 saturated carbocycles. The molecule has 5 nitrogen and oxygen atoms in total. The van der Waals surface area contributed by atoms with E-state index in [2.05, 4.69) is 10.3 Å². The molecule has 1 aromatic heterocycles. The highest BCUT2D eigenvalue weighted by Gasteiger charge is 2.15. The lowest BCUT2D eigenvalue weighted by Gasteiger charge is -2.16. The van der Waals surface area contributed by atoms with Gasteiger partial charge in [0.05, 0.1) is 18.2 Å². The Balaban J connectivity index is 2.28. The zero-order valence-electron chi connectivity index (χ0n) is 11.8. The van der Waals surface area contributed by atoms with Crippen LogP contribution in [0.15, 0.2) is 35.1 Å². The van der Waals surface area contributed by atoms with Crippen molar-refractivity contribution in [2.45, 2.75) is 12.5 Å². The Bertz CT molecular complexity index is 684. The van der Waals surface area contributed by atoms with E-state index in [1.165, 1.54) is 6.07 Å². The zero-order chi connectivity index (χ0) is 15.2. The maximum absolute atomic E-state index is 12.4. The minimum Gasteiger partial charge on any atom is -0.394 e. The number of aromatic nitrogens is 1. The number of H-pyrrole nitrogens is 1. The number of rotatable bonds is 6. The lowest BCUT2D eigenvalue weighted by Crippen LogP contribution is -2.38. The average molecular weight is 306 g/mol. The lowest BCUT2D eigenvalue weighted by molar-refractivity contribution is 0.0917. The van der Waals surface area contributed by atoms with Crippen molar-refractivity contribution in [1.82, 2.24) is 10.3 Å². The first-order valence-corrected chi connectivity index (χ1v) is 8.08. The topological polar surface area (TPSA) is 82.2 Å². The minimum atomic E-state index is -0.336. The fourth-order valence-electron chi connectivity index (χ4n) is 2.12. The molecule has 0 radical (unpaired) electrons. The van der Waals surface area contributed by atoms with E-state index in [0.29, 0.717) is 22.9 Å². The first kappa shape index (κ1) is 15.6. The van der Waals surface area contributed by atoms with Crippen LogP contribution in [0.1, 0.15) is 16.8 Å². The number of hydrogen-bond donors (Lipinski definition) is 3. The molecule has 2 rings (SSSR count). The van der Waals surface area contributed by atoms with Gasteiger partial charge >= 0.3 is 0 Å². The molecule has 0 fully saturated rings. The van der Waals surface area contributed by atoms with E-state index in [-0.39, 0.29) is 24.1 Å². The molecular formula is C15H18N2O3S. The van der Waals surface area contributed by atoms with Crippen LogP contribution in [0.5, 0.6) is 0 Å². The van der Waals surface area contributed by atoms with Gasteiger partial charge < -0.3 is 15.4 Å². The number of hydrogen-bond acceptors (Lipinski definition) is 4. The van der Waals surface area contributed by atoms with Gasteiger partial charge in [0.15, 0.2) is 0 Å². The van der Waals surface area contributed by atoms with Gasteiger partial charge in [0.25, 0.3) is 5.91 Å². The first-order valence-electron chi connectivity index (χ1n) is 6.68. The van der Waals surface area contributed by atoms with Gasteiger partial charge in [-0.05, 0) is 24.5 Å². The van der Waals surface area contributed by atoms with E-state index in [4.69, 9.17) is 0 Å². The Morgan fingerprint density at radius 3 is 2.90 bits per heavy atom. The summed E-state index contributed by atoms with van der Waals surface area (Å²) in [6.45, 7) is -0.118. The van der Waals surface area contributed by atoms with Crippen LogP contribution >= 0.6 is 11.8 Å². The van der Waals surface area contributed by atoms with Crippen molar-refractivity contribution in [2.75, 3.05) is 18.6 Å². The maximum Gasteiger partial charge on any atom is 0.252 e. The average Bonchev–Trinajstić information content (AvgIpc) is 2.50. The Hall–Kier alpha value is -1.79. The summed E-state index contributed by atoms with van der Waals surface area (Å²) in [4.78, 5) is 26.7. The lowest BCUT2D eigenvalue weighted by atomic mass is 10.1. The second-order valence-electron chi connectivity index (χ2n) is 4.73. The third kappa shape index (κ3) is 3.86. The molecule has 1 aromatic carbocycles. The van der Waals surface area contributed by atoms with Crippen LogP contribution in [-0.4, -0.2) is 40.7 Å². The molecular weight excluding hydrogens is 288 g/mol. The summed E-state index contributed by atoms with van der Waals surface area (Å²) in [6.07, 6.45) is 2.66. The van der Waals surface area contributed by atoms with Gasteiger partial charge in [-0.2, -0.15) is 11.8 Å². The van der Waals surface area contributed by atoms with Gasteiger partial charge in [-0.25, -0.2) is 0 Å². The fourth-order valence-corrected chi connectivity index (χ4v) is 2.65. The molecule has 0 spiro atoms. The highest BCUT2D eigenvalue weighted by molar-refractivity contribution is 7.98. The van der Waals surface area contributed by atoms with Crippen molar-refractivity contribution in [3.8, 4) is 0 Å². The number of carbonyl (C=O) groups is 1. The summed E-state index contributed by atoms with van der Waals surface area (Å²) >= 11 is 1.66. The summed E-state index contributed by atoms with van der Waals surface area (Å²) in [5.41, 5.74) is 0.639. The van der Waals surface area contributed by atoms with Crippen LogP contribution in [0, 0.1) is 0 Å². The SMILES string of the molecule is CSCC[C@H](CO)NC(=O)c1cc(=O)[nH]c2ccccc12. The molecule has 6 heteroatoms. The van der Waals surface area contributed by atoms with Gasteiger partial charge in [-0.3, -0.25) is 9.59 Å². The number of amides is 1. The molecule has 21 heavy (non-hydrogen) atoms. The van der Waals surface area contributed by atoms with Crippen LogP contribution in [-0.2, 0) is 0 Å². The summed E-state index contributed by atoms with van der Waals surface area (Å²) in [5.74, 6) is 0.513. The van der Waals surface area contributed by atoms with E-state index in [1.54, 1.807) is 30.0 Å². The van der Waals surface area contributed by atoms with Crippen molar-refractivity contribution in [1.29, 1.82) is 0 Å². The van der Waals surface area contributed by atoms with Crippen LogP contribution in [0.2, 0.25) is 0 Å². The summed E-state index contributed by atoms with van der Waals surface area (Å²) in [6, 6.07) is 8.15. The number of para-hydroxylation sites is 1. The molecule has 0 saturated heterocycles. The van der Waals surface area contributed by atoms with Gasteiger partial charge in [-0.15, -0.1) is 0 Å². The number of aromatic amines is 1. The van der Waals surface area contributed by atoms with E-state index >= 15 is 0 Å². The van der Waals surface area contributed by atoms with Gasteiger partial charge in [0, 0.05) is 17.0 Å². The molecule has 1 amide bonds. The normalized spacial score (nSPS) is 12.3. The molecule has 0 aliphatic heterocycles.